The zero-order valence-corrected chi connectivity index (χ0v) is 14.2. The maximum atomic E-state index is 12.7. The van der Waals surface area contributed by atoms with Crippen LogP contribution in [0.1, 0.15) is 45.2 Å². The van der Waals surface area contributed by atoms with Crippen LogP contribution in [-0.2, 0) is 7.05 Å². The number of halogens is 1. The molecular formula is C18H19ClN2O3. The second kappa shape index (κ2) is 6.69. The molecule has 1 N–H and O–H groups in total. The van der Waals surface area contributed by atoms with E-state index in [1.165, 1.54) is 0 Å². The van der Waals surface area contributed by atoms with Crippen LogP contribution >= 0.6 is 11.6 Å². The monoisotopic (exact) mass is 346 g/mol. The number of benzene rings is 1. The van der Waals surface area contributed by atoms with Crippen molar-refractivity contribution in [2.45, 2.75) is 18.8 Å². The fourth-order valence-electron chi connectivity index (χ4n) is 3.23. The molecule has 1 aromatic carbocycles. The Hall–Kier alpha value is -2.27. The van der Waals surface area contributed by atoms with Gasteiger partial charge in [-0.2, -0.15) is 0 Å². The van der Waals surface area contributed by atoms with Crippen LogP contribution in [0.4, 0.5) is 0 Å². The quantitative estimate of drug-likeness (QED) is 0.926. The molecule has 1 amide bonds. The summed E-state index contributed by atoms with van der Waals surface area (Å²) in [4.78, 5) is 25.5. The van der Waals surface area contributed by atoms with Crippen molar-refractivity contribution in [1.82, 2.24) is 9.47 Å². The summed E-state index contributed by atoms with van der Waals surface area (Å²) in [6.45, 7) is 1.36. The van der Waals surface area contributed by atoms with E-state index in [4.69, 9.17) is 16.7 Å². The average Bonchev–Trinajstić information content (AvgIpc) is 2.92. The first-order valence-electron chi connectivity index (χ1n) is 7.90. The first kappa shape index (κ1) is 16.6. The maximum absolute atomic E-state index is 12.7. The highest BCUT2D eigenvalue weighted by Gasteiger charge is 2.27. The van der Waals surface area contributed by atoms with Crippen molar-refractivity contribution in [2.24, 2.45) is 7.05 Å². The highest BCUT2D eigenvalue weighted by molar-refractivity contribution is 6.31. The number of aryl methyl sites for hydroxylation is 1. The summed E-state index contributed by atoms with van der Waals surface area (Å²) in [6.07, 6.45) is 3.64. The predicted octanol–water partition coefficient (Wildman–Crippen LogP) is 3.40. The number of likely N-dealkylation sites (tertiary alicyclic amines) is 1. The predicted molar refractivity (Wildman–Crippen MR) is 91.7 cm³/mol. The SMILES string of the molecule is Cn1cc(Cl)cc1C(=O)N1CCCC(c2ccc(C(=O)O)cc2)C1. The molecule has 0 bridgehead atoms. The van der Waals surface area contributed by atoms with Crippen molar-refractivity contribution < 1.29 is 14.7 Å². The van der Waals surface area contributed by atoms with Crippen LogP contribution in [0, 0.1) is 0 Å². The average molecular weight is 347 g/mol. The lowest BCUT2D eigenvalue weighted by atomic mass is 9.90. The van der Waals surface area contributed by atoms with Crippen LogP contribution in [0.15, 0.2) is 36.5 Å². The van der Waals surface area contributed by atoms with Gasteiger partial charge in [0.05, 0.1) is 10.6 Å². The Bertz CT molecular complexity index is 767. The molecule has 0 saturated carbocycles. The van der Waals surface area contributed by atoms with Gasteiger partial charge in [0.25, 0.3) is 5.91 Å². The van der Waals surface area contributed by atoms with E-state index in [1.807, 2.05) is 24.1 Å². The number of piperidine rings is 1. The minimum absolute atomic E-state index is 0.0174. The summed E-state index contributed by atoms with van der Waals surface area (Å²) < 4.78 is 1.75. The lowest BCUT2D eigenvalue weighted by Crippen LogP contribution is -2.39. The Labute approximate surface area is 145 Å². The van der Waals surface area contributed by atoms with E-state index in [0.717, 1.165) is 24.9 Å². The number of nitrogens with zero attached hydrogens (tertiary/aromatic N) is 2. The fraction of sp³-hybridized carbons (Fsp3) is 0.333. The van der Waals surface area contributed by atoms with Gasteiger partial charge in [-0.05, 0) is 36.6 Å². The lowest BCUT2D eigenvalue weighted by molar-refractivity contribution is 0.0690. The van der Waals surface area contributed by atoms with Crippen LogP contribution in [0.25, 0.3) is 0 Å². The van der Waals surface area contributed by atoms with E-state index in [9.17, 15) is 9.59 Å². The summed E-state index contributed by atoms with van der Waals surface area (Å²) in [7, 11) is 1.81. The number of carboxylic acid groups (broad SMARTS) is 1. The molecule has 5 nitrogen and oxygen atoms in total. The molecule has 6 heteroatoms. The number of carbonyl (C=O) groups is 2. The molecule has 1 saturated heterocycles. The molecule has 126 valence electrons. The second-order valence-corrected chi connectivity index (χ2v) is 6.61. The summed E-state index contributed by atoms with van der Waals surface area (Å²) in [5, 5.41) is 9.54. The minimum atomic E-state index is -0.928. The van der Waals surface area contributed by atoms with Gasteiger partial charge in [0.1, 0.15) is 5.69 Å². The number of aromatic nitrogens is 1. The maximum Gasteiger partial charge on any atom is 0.335 e. The number of aromatic carboxylic acids is 1. The third-order valence-electron chi connectivity index (χ3n) is 4.53. The molecule has 2 heterocycles. The zero-order chi connectivity index (χ0) is 17.3. The Morgan fingerprint density at radius 2 is 1.96 bits per heavy atom. The molecule has 0 spiro atoms. The summed E-state index contributed by atoms with van der Waals surface area (Å²) in [5.74, 6) is -0.722. The summed E-state index contributed by atoms with van der Waals surface area (Å²) in [6, 6.07) is 8.63. The van der Waals surface area contributed by atoms with Crippen molar-refractivity contribution >= 4 is 23.5 Å². The van der Waals surface area contributed by atoms with Gasteiger partial charge >= 0.3 is 5.97 Å². The van der Waals surface area contributed by atoms with Crippen LogP contribution in [-0.4, -0.2) is 39.5 Å². The number of hydrogen-bond donors (Lipinski definition) is 1. The van der Waals surface area contributed by atoms with Crippen molar-refractivity contribution in [2.75, 3.05) is 13.1 Å². The number of carboxylic acids is 1. The molecule has 0 aliphatic carbocycles. The van der Waals surface area contributed by atoms with E-state index in [-0.39, 0.29) is 17.4 Å². The Balaban J connectivity index is 1.75. The molecule has 1 atom stereocenters. The van der Waals surface area contributed by atoms with Gasteiger partial charge in [0.2, 0.25) is 0 Å². The standard InChI is InChI=1S/C18H19ClN2O3/c1-20-11-15(19)9-16(20)17(22)21-8-2-3-14(10-21)12-4-6-13(7-5-12)18(23)24/h4-7,9,11,14H,2-3,8,10H2,1H3,(H,23,24). The van der Waals surface area contributed by atoms with E-state index >= 15 is 0 Å². The molecular weight excluding hydrogens is 328 g/mol. The first-order chi connectivity index (χ1) is 11.5. The number of carbonyl (C=O) groups excluding carboxylic acids is 1. The van der Waals surface area contributed by atoms with Crippen molar-refractivity contribution in [3.63, 3.8) is 0 Å². The molecule has 1 fully saturated rings. The number of amides is 1. The van der Waals surface area contributed by atoms with Crippen LogP contribution in [0.5, 0.6) is 0 Å². The third-order valence-corrected chi connectivity index (χ3v) is 4.74. The molecule has 1 unspecified atom stereocenters. The molecule has 1 aliphatic rings. The Kier molecular flexibility index (Phi) is 4.62. The molecule has 2 aromatic rings. The van der Waals surface area contributed by atoms with Crippen LogP contribution < -0.4 is 0 Å². The molecule has 24 heavy (non-hydrogen) atoms. The fourth-order valence-corrected chi connectivity index (χ4v) is 3.48. The topological polar surface area (TPSA) is 62.5 Å². The molecule has 1 aromatic heterocycles. The van der Waals surface area contributed by atoms with E-state index in [2.05, 4.69) is 0 Å². The first-order valence-corrected chi connectivity index (χ1v) is 8.28. The molecule has 1 aliphatic heterocycles. The smallest absolute Gasteiger partial charge is 0.335 e. The van der Waals surface area contributed by atoms with Crippen LogP contribution in [0.3, 0.4) is 0 Å². The normalized spacial score (nSPS) is 17.8. The summed E-state index contributed by atoms with van der Waals surface area (Å²) >= 11 is 5.97. The Morgan fingerprint density at radius 1 is 1.25 bits per heavy atom. The van der Waals surface area contributed by atoms with E-state index in [1.54, 1.807) is 29.0 Å². The van der Waals surface area contributed by atoms with Gasteiger partial charge in [-0.1, -0.05) is 23.7 Å². The van der Waals surface area contributed by atoms with E-state index < -0.39 is 5.97 Å². The lowest BCUT2D eigenvalue weighted by Gasteiger charge is -2.33. The van der Waals surface area contributed by atoms with E-state index in [0.29, 0.717) is 17.3 Å². The van der Waals surface area contributed by atoms with Gasteiger partial charge in [-0.3, -0.25) is 4.79 Å². The second-order valence-electron chi connectivity index (χ2n) is 6.17. The Morgan fingerprint density at radius 3 is 2.54 bits per heavy atom. The highest BCUT2D eigenvalue weighted by atomic mass is 35.5. The summed E-state index contributed by atoms with van der Waals surface area (Å²) in [5.41, 5.74) is 1.94. The van der Waals surface area contributed by atoms with Crippen molar-refractivity contribution in [1.29, 1.82) is 0 Å². The third kappa shape index (κ3) is 3.31. The van der Waals surface area contributed by atoms with Gasteiger partial charge < -0.3 is 14.6 Å². The number of hydrogen-bond acceptors (Lipinski definition) is 2. The molecule has 0 radical (unpaired) electrons. The minimum Gasteiger partial charge on any atom is -0.478 e. The van der Waals surface area contributed by atoms with Gasteiger partial charge in [-0.25, -0.2) is 4.79 Å². The van der Waals surface area contributed by atoms with Crippen molar-refractivity contribution in [3.8, 4) is 0 Å². The highest BCUT2D eigenvalue weighted by Crippen LogP contribution is 2.28. The van der Waals surface area contributed by atoms with Crippen molar-refractivity contribution in [3.05, 3.63) is 58.4 Å². The van der Waals surface area contributed by atoms with Gasteiger partial charge in [0.15, 0.2) is 0 Å². The number of rotatable bonds is 3. The zero-order valence-electron chi connectivity index (χ0n) is 13.4. The van der Waals surface area contributed by atoms with Gasteiger partial charge in [0, 0.05) is 32.3 Å². The molecule has 3 rings (SSSR count). The van der Waals surface area contributed by atoms with Crippen LogP contribution in [0.2, 0.25) is 5.02 Å². The largest absolute Gasteiger partial charge is 0.478 e. The van der Waals surface area contributed by atoms with Gasteiger partial charge in [-0.15, -0.1) is 0 Å².